The molecule has 0 saturated heterocycles. The van der Waals surface area contributed by atoms with Gasteiger partial charge in [0.05, 0.1) is 0 Å². The van der Waals surface area contributed by atoms with E-state index in [2.05, 4.69) is 13.0 Å². The van der Waals surface area contributed by atoms with Crippen molar-refractivity contribution in [2.24, 2.45) is 10.9 Å². The monoisotopic (exact) mass is 423 g/mol. The zero-order valence-electron chi connectivity index (χ0n) is 18.5. The number of rotatable bonds is 11. The predicted molar refractivity (Wildman–Crippen MR) is 121 cm³/mol. The number of unbranched alkanes of at least 4 members (excludes halogenated alkanes) is 6. The number of carbonyl (C=O) groups is 1. The highest BCUT2D eigenvalue weighted by Gasteiger charge is 2.34. The second-order valence-corrected chi connectivity index (χ2v) is 8.77. The lowest BCUT2D eigenvalue weighted by molar-refractivity contribution is 0.0656. The van der Waals surface area contributed by atoms with Crippen LogP contribution >= 0.6 is 0 Å². The average Bonchev–Trinajstić information content (AvgIpc) is 3.39. The molecule has 1 aromatic heterocycles. The van der Waals surface area contributed by atoms with E-state index >= 15 is 0 Å². The first-order chi connectivity index (χ1) is 15.2. The van der Waals surface area contributed by atoms with Crippen LogP contribution in [0.4, 0.5) is 0 Å². The summed E-state index contributed by atoms with van der Waals surface area (Å²) in [5.74, 6) is 0.0121. The first-order valence-electron chi connectivity index (χ1n) is 11.9. The van der Waals surface area contributed by atoms with Crippen LogP contribution in [-0.2, 0) is 0 Å². The first-order valence-corrected chi connectivity index (χ1v) is 11.9. The van der Waals surface area contributed by atoms with Gasteiger partial charge in [0.2, 0.25) is 5.76 Å². The highest BCUT2D eigenvalue weighted by molar-refractivity contribution is 6.05. The van der Waals surface area contributed by atoms with E-state index in [-0.39, 0.29) is 11.7 Å². The van der Waals surface area contributed by atoms with Crippen molar-refractivity contribution >= 4 is 11.7 Å². The average molecular weight is 424 g/mol. The van der Waals surface area contributed by atoms with Crippen LogP contribution in [0.2, 0.25) is 0 Å². The number of fused-ring (bicyclic) bond motifs is 2. The minimum atomic E-state index is -1.10. The Hall–Kier alpha value is -2.56. The van der Waals surface area contributed by atoms with Crippen molar-refractivity contribution in [3.05, 3.63) is 52.6 Å². The highest BCUT2D eigenvalue weighted by Crippen LogP contribution is 2.44. The zero-order valence-corrected chi connectivity index (χ0v) is 18.5. The molecule has 1 atom stereocenters. The second-order valence-electron chi connectivity index (χ2n) is 8.77. The molecule has 1 aromatic rings. The molecule has 1 unspecified atom stereocenters. The number of hydrogen-bond acceptors (Lipinski definition) is 4. The molecule has 2 aliphatic carbocycles. The van der Waals surface area contributed by atoms with Crippen LogP contribution in [0.25, 0.3) is 0 Å². The number of ether oxygens (including phenoxy) is 1. The van der Waals surface area contributed by atoms with Gasteiger partial charge >= 0.3 is 5.97 Å². The van der Waals surface area contributed by atoms with Gasteiger partial charge in [-0.15, -0.1) is 0 Å². The Labute approximate surface area is 184 Å². The number of aromatic carboxylic acids is 1. The van der Waals surface area contributed by atoms with E-state index in [9.17, 15) is 4.79 Å². The molecule has 1 saturated carbocycles. The Morgan fingerprint density at radius 1 is 1.13 bits per heavy atom. The summed E-state index contributed by atoms with van der Waals surface area (Å²) in [7, 11) is 0. The molecule has 5 heteroatoms. The smallest absolute Gasteiger partial charge is 0.371 e. The summed E-state index contributed by atoms with van der Waals surface area (Å²) in [5, 5.41) is 9.09. The largest absolute Gasteiger partial charge is 0.475 e. The van der Waals surface area contributed by atoms with Gasteiger partial charge in [0.1, 0.15) is 5.70 Å². The summed E-state index contributed by atoms with van der Waals surface area (Å²) in [6, 6.07) is 2.97. The Bertz CT molecular complexity index is 931. The number of aliphatic imine (C=N–C) groups is 1. The van der Waals surface area contributed by atoms with E-state index in [1.807, 2.05) is 6.08 Å². The van der Waals surface area contributed by atoms with Crippen LogP contribution in [0.3, 0.4) is 0 Å². The fourth-order valence-electron chi connectivity index (χ4n) is 4.85. The van der Waals surface area contributed by atoms with E-state index < -0.39 is 5.97 Å². The Kier molecular flexibility index (Phi) is 7.10. The van der Waals surface area contributed by atoms with Gasteiger partial charge in [-0.25, -0.2) is 9.79 Å². The number of carboxylic acids is 1. The van der Waals surface area contributed by atoms with Crippen LogP contribution < -0.4 is 4.74 Å². The van der Waals surface area contributed by atoms with Crippen LogP contribution in [-0.4, -0.2) is 16.8 Å². The Balaban J connectivity index is 1.46. The fraction of sp³-hybridized carbons (Fsp3) is 0.538. The molecule has 5 nitrogen and oxygen atoms in total. The number of hydrogen-bond donors (Lipinski definition) is 1. The summed E-state index contributed by atoms with van der Waals surface area (Å²) in [5.41, 5.74) is 4.90. The van der Waals surface area contributed by atoms with Gasteiger partial charge in [-0.1, -0.05) is 57.9 Å². The topological polar surface area (TPSA) is 72.0 Å². The van der Waals surface area contributed by atoms with Crippen molar-refractivity contribution in [2.75, 3.05) is 0 Å². The summed E-state index contributed by atoms with van der Waals surface area (Å²) in [4.78, 5) is 16.1. The number of carboxylic acid groups (broad SMARTS) is 1. The molecule has 1 N–H and O–H groups in total. The van der Waals surface area contributed by atoms with E-state index in [1.54, 1.807) is 6.07 Å². The zero-order chi connectivity index (χ0) is 21.6. The van der Waals surface area contributed by atoms with Crippen LogP contribution in [0.1, 0.15) is 94.5 Å². The van der Waals surface area contributed by atoms with Crippen LogP contribution in [0.15, 0.2) is 56.3 Å². The SMILES string of the molecule is CCCCCCCCCC1C=CC(Oc2ccc(C(=O)O)o2)=C2N=C3CCCCC3=C21. The molecule has 0 amide bonds. The third kappa shape index (κ3) is 5.03. The van der Waals surface area contributed by atoms with Crippen LogP contribution in [0.5, 0.6) is 5.95 Å². The van der Waals surface area contributed by atoms with E-state index in [0.717, 1.165) is 25.0 Å². The number of allylic oxidation sites excluding steroid dienone is 4. The molecule has 0 bridgehead atoms. The molecule has 0 aromatic carbocycles. The highest BCUT2D eigenvalue weighted by atomic mass is 16.6. The van der Waals surface area contributed by atoms with Gasteiger partial charge in [0.15, 0.2) is 5.76 Å². The molecule has 2 heterocycles. The molecule has 1 aliphatic heterocycles. The first kappa shape index (κ1) is 21.7. The van der Waals surface area contributed by atoms with Gasteiger partial charge in [-0.05, 0) is 55.4 Å². The number of nitrogens with zero attached hydrogens (tertiary/aromatic N) is 1. The van der Waals surface area contributed by atoms with Crippen molar-refractivity contribution in [2.45, 2.75) is 84.0 Å². The molecule has 1 fully saturated rings. The van der Waals surface area contributed by atoms with Gasteiger partial charge in [-0.3, -0.25) is 0 Å². The predicted octanol–water partition coefficient (Wildman–Crippen LogP) is 7.22. The van der Waals surface area contributed by atoms with Crippen molar-refractivity contribution < 1.29 is 19.1 Å². The third-order valence-electron chi connectivity index (χ3n) is 6.47. The van der Waals surface area contributed by atoms with Crippen molar-refractivity contribution in [3.63, 3.8) is 0 Å². The van der Waals surface area contributed by atoms with E-state index in [4.69, 9.17) is 19.3 Å². The maximum Gasteiger partial charge on any atom is 0.371 e. The van der Waals surface area contributed by atoms with Crippen molar-refractivity contribution in [3.8, 4) is 5.95 Å². The summed E-state index contributed by atoms with van der Waals surface area (Å²) in [6.07, 6.45) is 19.1. The van der Waals surface area contributed by atoms with Crippen LogP contribution in [0, 0.1) is 5.92 Å². The second kappa shape index (κ2) is 10.2. The van der Waals surface area contributed by atoms with Gasteiger partial charge in [-0.2, -0.15) is 0 Å². The van der Waals surface area contributed by atoms with Gasteiger partial charge in [0, 0.05) is 17.7 Å². The molecule has 0 radical (unpaired) electrons. The molecule has 31 heavy (non-hydrogen) atoms. The maximum absolute atomic E-state index is 11.1. The van der Waals surface area contributed by atoms with E-state index in [1.165, 1.54) is 80.7 Å². The lowest BCUT2D eigenvalue weighted by atomic mass is 9.81. The van der Waals surface area contributed by atoms with Crippen molar-refractivity contribution in [1.82, 2.24) is 0 Å². The van der Waals surface area contributed by atoms with Gasteiger partial charge < -0.3 is 14.3 Å². The van der Waals surface area contributed by atoms with Crippen molar-refractivity contribution in [1.29, 1.82) is 0 Å². The molecular formula is C26H33NO4. The standard InChI is InChI=1S/C26H33NO4/c1-2-3-4-5-6-7-8-11-18-14-15-21(30-23-17-16-22(31-23)26(28)29)25-24(18)19-12-9-10-13-20(19)27-25/h14-18H,2-13H2,1H3,(H,28,29). The lowest BCUT2D eigenvalue weighted by Crippen LogP contribution is -2.13. The lowest BCUT2D eigenvalue weighted by Gasteiger charge is -2.23. The molecule has 0 spiro atoms. The number of furan rings is 1. The Morgan fingerprint density at radius 2 is 1.90 bits per heavy atom. The molecule has 4 rings (SSSR count). The molecular weight excluding hydrogens is 390 g/mol. The molecule has 166 valence electrons. The van der Waals surface area contributed by atoms with E-state index in [0.29, 0.717) is 11.7 Å². The normalized spacial score (nSPS) is 20.0. The summed E-state index contributed by atoms with van der Waals surface area (Å²) >= 11 is 0. The summed E-state index contributed by atoms with van der Waals surface area (Å²) in [6.45, 7) is 2.26. The molecule has 3 aliphatic rings. The Morgan fingerprint density at radius 3 is 2.68 bits per heavy atom. The van der Waals surface area contributed by atoms with Gasteiger partial charge in [0.25, 0.3) is 5.95 Å². The minimum Gasteiger partial charge on any atom is -0.475 e. The third-order valence-corrected chi connectivity index (χ3v) is 6.47. The quantitative estimate of drug-likeness (QED) is 0.381. The maximum atomic E-state index is 11.1. The minimum absolute atomic E-state index is 0.123. The fourth-order valence-corrected chi connectivity index (χ4v) is 4.85. The summed E-state index contributed by atoms with van der Waals surface area (Å²) < 4.78 is 11.3.